The first-order valence-electron chi connectivity index (χ1n) is 9.19. The Balaban J connectivity index is 1.58. The van der Waals surface area contributed by atoms with Crippen molar-refractivity contribution in [3.8, 4) is 5.75 Å². The summed E-state index contributed by atoms with van der Waals surface area (Å²) in [6, 6.07) is 10.6. The van der Waals surface area contributed by atoms with Crippen molar-refractivity contribution in [2.45, 2.75) is 50.4 Å². The number of carbonyl (C=O) groups excluding carboxylic acids is 1. The van der Waals surface area contributed by atoms with Crippen LogP contribution in [-0.2, 0) is 16.0 Å². The first kappa shape index (κ1) is 19.3. The molecule has 2 unspecified atom stereocenters. The van der Waals surface area contributed by atoms with Gasteiger partial charge in [0.05, 0.1) is 7.11 Å². The number of rotatable bonds is 7. The average molecular weight is 391 g/mol. The van der Waals surface area contributed by atoms with Gasteiger partial charge in [-0.3, -0.25) is 4.79 Å². The molecule has 0 spiro atoms. The van der Waals surface area contributed by atoms with E-state index in [0.29, 0.717) is 12.3 Å². The third kappa shape index (κ3) is 5.27. The third-order valence-electron chi connectivity index (χ3n) is 4.61. The highest BCUT2D eigenvalue weighted by Crippen LogP contribution is 2.39. The number of benzene rings is 1. The lowest BCUT2D eigenvalue weighted by atomic mass is 9.98. The van der Waals surface area contributed by atoms with Gasteiger partial charge in [-0.05, 0) is 65.6 Å². The molecule has 1 aromatic carbocycles. The number of esters is 1. The Labute approximate surface area is 164 Å². The predicted octanol–water partition coefficient (Wildman–Crippen LogP) is 5.63. The summed E-state index contributed by atoms with van der Waals surface area (Å²) in [5, 5.41) is 2.26. The van der Waals surface area contributed by atoms with E-state index < -0.39 is 0 Å². The minimum absolute atomic E-state index is 0.0138. The first-order valence-corrected chi connectivity index (χ1v) is 11.1. The molecule has 0 bridgehead atoms. The molecule has 3 nitrogen and oxygen atoms in total. The molecule has 140 valence electrons. The summed E-state index contributed by atoms with van der Waals surface area (Å²) in [6.07, 6.45) is 4.40. The van der Waals surface area contributed by atoms with Gasteiger partial charge in [-0.2, -0.15) is 0 Å². The molecule has 0 N–H and O–H groups in total. The highest BCUT2D eigenvalue weighted by atomic mass is 32.2. The van der Waals surface area contributed by atoms with E-state index >= 15 is 0 Å². The lowest BCUT2D eigenvalue weighted by Crippen LogP contribution is -2.22. The van der Waals surface area contributed by atoms with Crippen LogP contribution in [0.3, 0.4) is 0 Å². The zero-order valence-electron chi connectivity index (χ0n) is 15.4. The summed E-state index contributed by atoms with van der Waals surface area (Å²) >= 11 is 3.62. The largest absolute Gasteiger partial charge is 0.497 e. The van der Waals surface area contributed by atoms with Crippen LogP contribution >= 0.6 is 23.1 Å². The van der Waals surface area contributed by atoms with Crippen molar-refractivity contribution < 1.29 is 14.3 Å². The van der Waals surface area contributed by atoms with Crippen molar-refractivity contribution in [2.75, 3.05) is 12.9 Å². The lowest BCUT2D eigenvalue weighted by molar-refractivity contribution is -0.145. The van der Waals surface area contributed by atoms with E-state index in [0.717, 1.165) is 37.2 Å². The van der Waals surface area contributed by atoms with E-state index in [-0.39, 0.29) is 11.4 Å². The number of methoxy groups -OCH3 is 1. The molecule has 0 amide bonds. The molecule has 2 aromatic rings. The number of carbonyl (C=O) groups is 1. The van der Waals surface area contributed by atoms with Gasteiger partial charge in [0.25, 0.3) is 0 Å². The second kappa shape index (κ2) is 9.47. The highest BCUT2D eigenvalue weighted by Gasteiger charge is 2.27. The van der Waals surface area contributed by atoms with E-state index in [4.69, 9.17) is 9.47 Å². The fourth-order valence-electron chi connectivity index (χ4n) is 3.19. The molecule has 26 heavy (non-hydrogen) atoms. The van der Waals surface area contributed by atoms with Gasteiger partial charge >= 0.3 is 5.97 Å². The zero-order valence-corrected chi connectivity index (χ0v) is 17.0. The van der Waals surface area contributed by atoms with Crippen LogP contribution in [0.2, 0.25) is 0 Å². The van der Waals surface area contributed by atoms with Crippen LogP contribution in [0, 0.1) is 0 Å². The van der Waals surface area contributed by atoms with E-state index in [9.17, 15) is 4.79 Å². The Morgan fingerprint density at radius 3 is 2.77 bits per heavy atom. The zero-order chi connectivity index (χ0) is 18.4. The van der Waals surface area contributed by atoms with Crippen LogP contribution in [0.1, 0.15) is 54.5 Å². The topological polar surface area (TPSA) is 35.5 Å². The van der Waals surface area contributed by atoms with Crippen molar-refractivity contribution in [3.63, 3.8) is 0 Å². The molecule has 2 heterocycles. The number of hydrogen-bond acceptors (Lipinski definition) is 5. The van der Waals surface area contributed by atoms with Crippen molar-refractivity contribution in [1.82, 2.24) is 0 Å². The Hall–Kier alpha value is -1.46. The highest BCUT2D eigenvalue weighted by molar-refractivity contribution is 7.99. The van der Waals surface area contributed by atoms with Crippen molar-refractivity contribution >= 4 is 29.1 Å². The van der Waals surface area contributed by atoms with Gasteiger partial charge in [-0.1, -0.05) is 19.1 Å². The standard InChI is InChI=1S/C21H26O3S2/c1-3-4-20(22)24-21-13-17(9-10-25-21)19-12-16(14-26-19)11-15-5-7-18(23-2)8-6-15/h5-8,12,14,17,21H,3-4,9-11,13H2,1-2H3. The number of thiophene rings is 1. The molecule has 1 aliphatic rings. The summed E-state index contributed by atoms with van der Waals surface area (Å²) in [5.41, 5.74) is 2.66. The normalized spacial score (nSPS) is 19.9. The number of ether oxygens (including phenoxy) is 2. The minimum atomic E-state index is -0.0583. The molecular formula is C21H26O3S2. The van der Waals surface area contributed by atoms with Crippen molar-refractivity contribution in [3.05, 3.63) is 51.7 Å². The summed E-state index contributed by atoms with van der Waals surface area (Å²) in [7, 11) is 1.69. The van der Waals surface area contributed by atoms with Crippen LogP contribution in [-0.4, -0.2) is 24.3 Å². The Morgan fingerprint density at radius 1 is 1.23 bits per heavy atom. The van der Waals surface area contributed by atoms with Crippen LogP contribution in [0.4, 0.5) is 0 Å². The molecule has 1 fully saturated rings. The SMILES string of the molecule is CCCC(=O)OC1CC(c2cc(Cc3ccc(OC)cc3)cs2)CCS1. The molecule has 1 aromatic heterocycles. The van der Waals surface area contributed by atoms with E-state index in [1.807, 2.05) is 30.4 Å². The summed E-state index contributed by atoms with van der Waals surface area (Å²) in [5.74, 6) is 2.39. The summed E-state index contributed by atoms with van der Waals surface area (Å²) in [4.78, 5) is 13.2. The maximum Gasteiger partial charge on any atom is 0.306 e. The Kier molecular flexibility index (Phi) is 7.03. The van der Waals surface area contributed by atoms with Gasteiger partial charge in [0.2, 0.25) is 0 Å². The first-order chi connectivity index (χ1) is 12.7. The van der Waals surface area contributed by atoms with Crippen LogP contribution in [0.15, 0.2) is 35.7 Å². The third-order valence-corrected chi connectivity index (χ3v) is 6.88. The quantitative estimate of drug-likeness (QED) is 0.574. The summed E-state index contributed by atoms with van der Waals surface area (Å²) in [6.45, 7) is 2.01. The Morgan fingerprint density at radius 2 is 2.04 bits per heavy atom. The van der Waals surface area contributed by atoms with Gasteiger partial charge in [0, 0.05) is 17.7 Å². The van der Waals surface area contributed by atoms with Gasteiger partial charge in [-0.25, -0.2) is 0 Å². The molecule has 2 atom stereocenters. The van der Waals surface area contributed by atoms with Gasteiger partial charge in [0.15, 0.2) is 0 Å². The Bertz CT molecular complexity index is 708. The molecule has 3 rings (SSSR count). The molecule has 1 saturated heterocycles. The monoisotopic (exact) mass is 390 g/mol. The van der Waals surface area contributed by atoms with Crippen LogP contribution in [0.5, 0.6) is 5.75 Å². The molecule has 5 heteroatoms. The molecule has 0 aliphatic carbocycles. The number of thioether (sulfide) groups is 1. The maximum absolute atomic E-state index is 11.8. The molecule has 0 radical (unpaired) electrons. The lowest BCUT2D eigenvalue weighted by Gasteiger charge is -2.27. The predicted molar refractivity (Wildman–Crippen MR) is 109 cm³/mol. The van der Waals surface area contributed by atoms with Gasteiger partial charge in [-0.15, -0.1) is 23.1 Å². The van der Waals surface area contributed by atoms with E-state index in [1.54, 1.807) is 18.9 Å². The average Bonchev–Trinajstić information content (AvgIpc) is 3.11. The van der Waals surface area contributed by atoms with Crippen LogP contribution in [0.25, 0.3) is 0 Å². The maximum atomic E-state index is 11.8. The molecule has 1 aliphatic heterocycles. The van der Waals surface area contributed by atoms with E-state index in [1.165, 1.54) is 16.0 Å². The van der Waals surface area contributed by atoms with Gasteiger partial charge < -0.3 is 9.47 Å². The second-order valence-electron chi connectivity index (χ2n) is 6.64. The minimum Gasteiger partial charge on any atom is -0.497 e. The van der Waals surface area contributed by atoms with Crippen molar-refractivity contribution in [2.24, 2.45) is 0 Å². The van der Waals surface area contributed by atoms with Gasteiger partial charge in [0.1, 0.15) is 11.2 Å². The fourth-order valence-corrected chi connectivity index (χ4v) is 5.48. The van der Waals surface area contributed by atoms with Crippen LogP contribution < -0.4 is 4.74 Å². The van der Waals surface area contributed by atoms with E-state index in [2.05, 4.69) is 23.6 Å². The molecular weight excluding hydrogens is 364 g/mol. The number of hydrogen-bond donors (Lipinski definition) is 0. The smallest absolute Gasteiger partial charge is 0.306 e. The van der Waals surface area contributed by atoms with Crippen molar-refractivity contribution in [1.29, 1.82) is 0 Å². The fraction of sp³-hybridized carbons (Fsp3) is 0.476. The molecule has 0 saturated carbocycles. The summed E-state index contributed by atoms with van der Waals surface area (Å²) < 4.78 is 10.8. The second-order valence-corrected chi connectivity index (χ2v) is 8.85.